The van der Waals surface area contributed by atoms with Gasteiger partial charge in [-0.2, -0.15) is 0 Å². The van der Waals surface area contributed by atoms with Crippen LogP contribution < -0.4 is 19.7 Å². The molecule has 2 fully saturated rings. The molecule has 1 N–H and O–H groups in total. The largest absolute Gasteiger partial charge is 0.486 e. The van der Waals surface area contributed by atoms with E-state index in [1.54, 1.807) is 4.90 Å². The van der Waals surface area contributed by atoms with E-state index in [0.717, 1.165) is 17.8 Å². The molecule has 5 rings (SSSR count). The maximum Gasteiger partial charge on any atom is 0.227 e. The monoisotopic (exact) mass is 435 g/mol. The zero-order valence-corrected chi connectivity index (χ0v) is 18.2. The van der Waals surface area contributed by atoms with Gasteiger partial charge in [0.15, 0.2) is 11.5 Å². The lowest BCUT2D eigenvalue weighted by Gasteiger charge is -2.22. The van der Waals surface area contributed by atoms with E-state index in [4.69, 9.17) is 9.47 Å². The van der Waals surface area contributed by atoms with Gasteiger partial charge in [-0.3, -0.25) is 14.5 Å². The van der Waals surface area contributed by atoms with Crippen LogP contribution in [0.15, 0.2) is 42.5 Å². The number of fused-ring (bicyclic) bond motifs is 1. The average Bonchev–Trinajstić information content (AvgIpc) is 3.48. The minimum Gasteiger partial charge on any atom is -0.486 e. The molecule has 3 heterocycles. The topological polar surface area (TPSA) is 71.1 Å². The molecule has 1 unspecified atom stereocenters. The summed E-state index contributed by atoms with van der Waals surface area (Å²) in [5.41, 5.74) is 3.11. The molecule has 0 aromatic heterocycles. The van der Waals surface area contributed by atoms with Crippen molar-refractivity contribution in [1.82, 2.24) is 10.2 Å². The van der Waals surface area contributed by atoms with E-state index in [2.05, 4.69) is 34.5 Å². The van der Waals surface area contributed by atoms with Crippen LogP contribution in [0.1, 0.15) is 30.4 Å². The van der Waals surface area contributed by atoms with Gasteiger partial charge in [-0.05, 0) is 49.2 Å². The number of amides is 2. The highest BCUT2D eigenvalue weighted by Gasteiger charge is 2.35. The quantitative estimate of drug-likeness (QED) is 0.756. The number of carbonyl (C=O) groups is 2. The van der Waals surface area contributed by atoms with E-state index in [9.17, 15) is 9.59 Å². The Bertz CT molecular complexity index is 985. The van der Waals surface area contributed by atoms with Crippen molar-refractivity contribution >= 4 is 17.5 Å². The van der Waals surface area contributed by atoms with Crippen LogP contribution in [0.3, 0.4) is 0 Å². The molecular weight excluding hydrogens is 406 g/mol. The van der Waals surface area contributed by atoms with Gasteiger partial charge in [-0.15, -0.1) is 0 Å². The summed E-state index contributed by atoms with van der Waals surface area (Å²) >= 11 is 0. The molecule has 2 aromatic rings. The van der Waals surface area contributed by atoms with Crippen LogP contribution in [-0.2, 0) is 22.7 Å². The number of hydrogen-bond acceptors (Lipinski definition) is 5. The van der Waals surface area contributed by atoms with Crippen molar-refractivity contribution in [2.24, 2.45) is 5.92 Å². The number of anilines is 1. The summed E-state index contributed by atoms with van der Waals surface area (Å²) in [6.07, 6.45) is 2.80. The normalized spacial score (nSPS) is 20.6. The highest BCUT2D eigenvalue weighted by Crippen LogP contribution is 2.36. The van der Waals surface area contributed by atoms with Gasteiger partial charge in [0.2, 0.25) is 11.8 Å². The maximum atomic E-state index is 12.7. The first kappa shape index (κ1) is 20.8. The number of carbonyl (C=O) groups excluding carboxylic acids is 2. The number of rotatable bonds is 6. The summed E-state index contributed by atoms with van der Waals surface area (Å²) in [6, 6.07) is 13.9. The lowest BCUT2D eigenvalue weighted by atomic mass is 10.1. The smallest absolute Gasteiger partial charge is 0.227 e. The average molecular weight is 436 g/mol. The van der Waals surface area contributed by atoms with Crippen molar-refractivity contribution < 1.29 is 19.1 Å². The molecule has 7 heteroatoms. The first-order valence-corrected chi connectivity index (χ1v) is 11.4. The molecule has 3 aliphatic rings. The molecule has 0 spiro atoms. The highest BCUT2D eigenvalue weighted by atomic mass is 16.6. The maximum absolute atomic E-state index is 12.7. The molecule has 7 nitrogen and oxygen atoms in total. The standard InChI is InChI=1S/C25H29N3O4/c29-24-13-20(17-28(24)21-7-8-22-23(14-21)32-12-11-31-22)25(30)26-15-18-3-5-19(6-4-18)16-27-9-1-2-10-27/h3-8,14,20H,1-2,9-13,15-17H2,(H,26,30). The number of nitrogens with zero attached hydrogens (tertiary/aromatic N) is 2. The van der Waals surface area contributed by atoms with Gasteiger partial charge in [0.05, 0.1) is 5.92 Å². The Hall–Kier alpha value is -3.06. The first-order chi connectivity index (χ1) is 15.7. The van der Waals surface area contributed by atoms with Crippen molar-refractivity contribution in [2.45, 2.75) is 32.4 Å². The molecule has 2 aromatic carbocycles. The zero-order chi connectivity index (χ0) is 21.9. The van der Waals surface area contributed by atoms with E-state index in [1.165, 1.54) is 31.5 Å². The lowest BCUT2D eigenvalue weighted by molar-refractivity contribution is -0.126. The molecule has 0 bridgehead atoms. The molecule has 2 amide bonds. The molecule has 168 valence electrons. The third kappa shape index (κ3) is 4.58. The van der Waals surface area contributed by atoms with Crippen LogP contribution in [0.5, 0.6) is 11.5 Å². The minimum absolute atomic E-state index is 0.0481. The van der Waals surface area contributed by atoms with Crippen LogP contribution in [-0.4, -0.2) is 49.6 Å². The molecule has 3 aliphatic heterocycles. The summed E-state index contributed by atoms with van der Waals surface area (Å²) in [4.78, 5) is 29.4. The van der Waals surface area contributed by atoms with Crippen LogP contribution in [0, 0.1) is 5.92 Å². The molecule has 0 aliphatic carbocycles. The van der Waals surface area contributed by atoms with Crippen LogP contribution in [0.4, 0.5) is 5.69 Å². The van der Waals surface area contributed by atoms with E-state index in [-0.39, 0.29) is 24.2 Å². The highest BCUT2D eigenvalue weighted by molar-refractivity contribution is 6.00. The van der Waals surface area contributed by atoms with Crippen molar-refractivity contribution in [1.29, 1.82) is 0 Å². The van der Waals surface area contributed by atoms with Crippen molar-refractivity contribution in [2.75, 3.05) is 37.7 Å². The molecule has 2 saturated heterocycles. The number of nitrogens with one attached hydrogen (secondary N) is 1. The minimum atomic E-state index is -0.356. The van der Waals surface area contributed by atoms with Gasteiger partial charge < -0.3 is 19.7 Å². The zero-order valence-electron chi connectivity index (χ0n) is 18.2. The molecular formula is C25H29N3O4. The van der Waals surface area contributed by atoms with Crippen LogP contribution >= 0.6 is 0 Å². The predicted octanol–water partition coefficient (Wildman–Crippen LogP) is 2.72. The Morgan fingerprint density at radius 2 is 1.69 bits per heavy atom. The van der Waals surface area contributed by atoms with Gasteiger partial charge in [-0.25, -0.2) is 0 Å². The molecule has 32 heavy (non-hydrogen) atoms. The summed E-state index contributed by atoms with van der Waals surface area (Å²) in [5, 5.41) is 3.00. The molecule has 0 saturated carbocycles. The fourth-order valence-electron chi connectivity index (χ4n) is 4.63. The predicted molar refractivity (Wildman–Crippen MR) is 121 cm³/mol. The SMILES string of the molecule is O=C(NCc1ccc(CN2CCCC2)cc1)C1CC(=O)N(c2ccc3c(c2)OCCO3)C1. The Balaban J connectivity index is 1.15. The number of likely N-dealkylation sites (tertiary alicyclic amines) is 1. The van der Waals surface area contributed by atoms with Gasteiger partial charge in [-0.1, -0.05) is 24.3 Å². The molecule has 0 radical (unpaired) electrons. The number of hydrogen-bond donors (Lipinski definition) is 1. The summed E-state index contributed by atoms with van der Waals surface area (Å²) in [6.45, 7) is 5.22. The third-order valence-corrected chi connectivity index (χ3v) is 6.43. The number of ether oxygens (including phenoxy) is 2. The van der Waals surface area contributed by atoms with Crippen molar-refractivity contribution in [3.05, 3.63) is 53.6 Å². The Labute approximate surface area is 188 Å². The second-order valence-electron chi connectivity index (χ2n) is 8.75. The van der Waals surface area contributed by atoms with Gasteiger partial charge in [0.25, 0.3) is 0 Å². The molecule has 1 atom stereocenters. The van der Waals surface area contributed by atoms with Crippen LogP contribution in [0.2, 0.25) is 0 Å². The third-order valence-electron chi connectivity index (χ3n) is 6.43. The number of benzene rings is 2. The summed E-state index contributed by atoms with van der Waals surface area (Å²) in [5.74, 6) is 0.841. The van der Waals surface area contributed by atoms with Crippen LogP contribution in [0.25, 0.3) is 0 Å². The Morgan fingerprint density at radius 3 is 2.47 bits per heavy atom. The van der Waals surface area contributed by atoms with E-state index < -0.39 is 0 Å². The summed E-state index contributed by atoms with van der Waals surface area (Å²) < 4.78 is 11.2. The van der Waals surface area contributed by atoms with Gasteiger partial charge >= 0.3 is 0 Å². The second kappa shape index (κ2) is 9.20. The Kier molecular flexibility index (Phi) is 5.99. The Morgan fingerprint density at radius 1 is 0.969 bits per heavy atom. The lowest BCUT2D eigenvalue weighted by Crippen LogP contribution is -2.32. The van der Waals surface area contributed by atoms with E-state index in [0.29, 0.717) is 37.8 Å². The van der Waals surface area contributed by atoms with Crippen molar-refractivity contribution in [3.63, 3.8) is 0 Å². The van der Waals surface area contributed by atoms with Crippen molar-refractivity contribution in [3.8, 4) is 11.5 Å². The van der Waals surface area contributed by atoms with Gasteiger partial charge in [0, 0.05) is 37.8 Å². The van der Waals surface area contributed by atoms with Gasteiger partial charge in [0.1, 0.15) is 13.2 Å². The fourth-order valence-corrected chi connectivity index (χ4v) is 4.63. The second-order valence-corrected chi connectivity index (χ2v) is 8.75. The van der Waals surface area contributed by atoms with E-state index in [1.807, 2.05) is 18.2 Å². The summed E-state index contributed by atoms with van der Waals surface area (Å²) in [7, 11) is 0. The van der Waals surface area contributed by atoms with E-state index >= 15 is 0 Å². The first-order valence-electron chi connectivity index (χ1n) is 11.4. The fraction of sp³-hybridized carbons (Fsp3) is 0.440.